The minimum atomic E-state index is 0.560. The summed E-state index contributed by atoms with van der Waals surface area (Å²) in [5.74, 6) is 0. The number of nitriles is 2. The first-order valence-electron chi connectivity index (χ1n) is 11.3. The Morgan fingerprint density at radius 1 is 0.737 bits per heavy atom. The second kappa shape index (κ2) is 8.94. The highest BCUT2D eigenvalue weighted by Gasteiger charge is 2.17. The average molecular weight is 564 g/mol. The fourth-order valence-corrected chi connectivity index (χ4v) is 8.08. The van der Waals surface area contributed by atoms with Gasteiger partial charge >= 0.3 is 0 Å². The van der Waals surface area contributed by atoms with Crippen LogP contribution in [0.25, 0.3) is 65.8 Å². The van der Waals surface area contributed by atoms with Crippen molar-refractivity contribution in [3.05, 3.63) is 69.4 Å². The summed E-state index contributed by atoms with van der Waals surface area (Å²) in [6.07, 6.45) is 3.85. The highest BCUT2D eigenvalue weighted by molar-refractivity contribution is 7.28. The van der Waals surface area contributed by atoms with Crippen molar-refractivity contribution >= 4 is 112 Å². The summed E-state index contributed by atoms with van der Waals surface area (Å²) in [5.41, 5.74) is 8.02. The van der Waals surface area contributed by atoms with Crippen molar-refractivity contribution in [2.75, 3.05) is 0 Å². The van der Waals surface area contributed by atoms with Crippen molar-refractivity contribution < 1.29 is 0 Å². The quantitative estimate of drug-likeness (QED) is 0.204. The molecule has 7 nitrogen and oxygen atoms in total. The van der Waals surface area contributed by atoms with Gasteiger partial charge in [0.15, 0.2) is 0 Å². The van der Waals surface area contributed by atoms with E-state index in [1.165, 1.54) is 0 Å². The molecule has 0 unspecified atom stereocenters. The third kappa shape index (κ3) is 3.56. The van der Waals surface area contributed by atoms with Gasteiger partial charge in [0.05, 0.1) is 67.2 Å². The van der Waals surface area contributed by atoms with Gasteiger partial charge in [0.25, 0.3) is 0 Å². The van der Waals surface area contributed by atoms with E-state index in [2.05, 4.69) is 46.3 Å². The van der Waals surface area contributed by atoms with Gasteiger partial charge < -0.3 is 4.57 Å². The molecule has 0 N–H and O–H groups in total. The predicted molar refractivity (Wildman–Crippen MR) is 158 cm³/mol. The molecular formula is C27H13N7S4. The Bertz CT molecular complexity index is 2030. The van der Waals surface area contributed by atoms with E-state index in [9.17, 15) is 10.5 Å². The summed E-state index contributed by atoms with van der Waals surface area (Å²) in [5, 5.41) is 19.9. The molecular weight excluding hydrogens is 551 g/mol. The van der Waals surface area contributed by atoms with Crippen LogP contribution in [0.4, 0.5) is 0 Å². The lowest BCUT2D eigenvalue weighted by Crippen LogP contribution is -1.85. The van der Waals surface area contributed by atoms with Gasteiger partial charge in [0, 0.05) is 27.9 Å². The average Bonchev–Trinajstić information content (AvgIpc) is 3.75. The number of allylic oxidation sites excluding steroid dienone is 2. The first kappa shape index (κ1) is 22.9. The SMILES string of the molecule is Cn1c2cc(/C=C(\C#N)c3cccc4nsnc34)sc2c2sc(/C=C(\C#N)c3cccc4nsnc34)cc21. The van der Waals surface area contributed by atoms with E-state index in [-0.39, 0.29) is 0 Å². The monoisotopic (exact) mass is 563 g/mol. The number of hydrogen-bond acceptors (Lipinski definition) is 10. The maximum Gasteiger partial charge on any atom is 0.113 e. The van der Waals surface area contributed by atoms with Gasteiger partial charge in [-0.3, -0.25) is 0 Å². The van der Waals surface area contributed by atoms with E-state index in [4.69, 9.17) is 0 Å². The van der Waals surface area contributed by atoms with Crippen molar-refractivity contribution in [2.24, 2.45) is 7.05 Å². The molecule has 0 saturated carbocycles. The highest BCUT2D eigenvalue weighted by Crippen LogP contribution is 2.41. The molecule has 7 aromatic rings. The Hall–Kier alpha value is -4.26. The zero-order chi connectivity index (χ0) is 25.8. The maximum atomic E-state index is 9.94. The van der Waals surface area contributed by atoms with Crippen LogP contribution in [-0.4, -0.2) is 22.1 Å². The van der Waals surface area contributed by atoms with Crippen LogP contribution in [0.2, 0.25) is 0 Å². The topological polar surface area (TPSA) is 104 Å². The van der Waals surface area contributed by atoms with Crippen LogP contribution in [0, 0.1) is 22.7 Å². The van der Waals surface area contributed by atoms with E-state index >= 15 is 0 Å². The summed E-state index contributed by atoms with van der Waals surface area (Å²) in [6, 6.07) is 20.4. The lowest BCUT2D eigenvalue weighted by Gasteiger charge is -1.99. The molecule has 0 radical (unpaired) electrons. The molecule has 0 amide bonds. The Balaban J connectivity index is 1.32. The second-order valence-corrected chi connectivity index (χ2v) is 11.7. The van der Waals surface area contributed by atoms with Crippen molar-refractivity contribution in [2.45, 2.75) is 0 Å². The smallest absolute Gasteiger partial charge is 0.113 e. The van der Waals surface area contributed by atoms with E-state index in [1.807, 2.05) is 55.6 Å². The Morgan fingerprint density at radius 2 is 1.21 bits per heavy atom. The van der Waals surface area contributed by atoms with Crippen molar-refractivity contribution in [3.8, 4) is 12.1 Å². The van der Waals surface area contributed by atoms with Gasteiger partial charge in [-0.15, -0.1) is 22.7 Å². The molecule has 180 valence electrons. The van der Waals surface area contributed by atoms with Crippen molar-refractivity contribution in [1.82, 2.24) is 22.1 Å². The normalized spacial score (nSPS) is 12.6. The molecule has 7 rings (SSSR count). The predicted octanol–water partition coefficient (Wildman–Crippen LogP) is 7.59. The summed E-state index contributed by atoms with van der Waals surface area (Å²) in [6.45, 7) is 0. The number of aromatic nitrogens is 5. The molecule has 38 heavy (non-hydrogen) atoms. The standard InChI is InChI=1S/C27H13N7S4/c1-34-22-10-16(8-14(12-28)18-4-2-6-20-24(18)32-37-30-20)35-26(22)27-23(34)11-17(36-27)9-15(13-29)19-5-3-7-21-25(19)33-38-31-21/h2-11H,1H3/b14-8+,15-9+. The summed E-state index contributed by atoms with van der Waals surface area (Å²) in [4.78, 5) is 1.99. The molecule has 5 heterocycles. The zero-order valence-electron chi connectivity index (χ0n) is 19.5. The molecule has 2 aromatic carbocycles. The molecule has 0 fully saturated rings. The van der Waals surface area contributed by atoms with E-state index in [1.54, 1.807) is 22.7 Å². The summed E-state index contributed by atoms with van der Waals surface area (Å²) in [7, 11) is 2.05. The third-order valence-corrected chi connectivity index (χ3v) is 9.75. The summed E-state index contributed by atoms with van der Waals surface area (Å²) < 4.78 is 21.9. The molecule has 0 bridgehead atoms. The Labute approximate surface area is 232 Å². The Kier molecular flexibility index (Phi) is 5.39. The molecule has 0 aliphatic heterocycles. The van der Waals surface area contributed by atoms with Crippen LogP contribution in [0.3, 0.4) is 0 Å². The molecule has 0 aliphatic rings. The van der Waals surface area contributed by atoms with Crippen LogP contribution in [0.1, 0.15) is 20.9 Å². The number of thiophene rings is 2. The molecule has 0 saturated heterocycles. The first-order valence-corrected chi connectivity index (χ1v) is 14.4. The van der Waals surface area contributed by atoms with Crippen LogP contribution in [0.5, 0.6) is 0 Å². The molecule has 0 atom stereocenters. The van der Waals surface area contributed by atoms with Gasteiger partial charge in [0.2, 0.25) is 0 Å². The lowest BCUT2D eigenvalue weighted by atomic mass is 10.0. The minimum absolute atomic E-state index is 0.560. The number of fused-ring (bicyclic) bond motifs is 5. The van der Waals surface area contributed by atoms with Crippen LogP contribution in [0.15, 0.2) is 48.5 Å². The van der Waals surface area contributed by atoms with Gasteiger partial charge in [-0.05, 0) is 36.4 Å². The second-order valence-electron chi connectivity index (χ2n) is 8.50. The highest BCUT2D eigenvalue weighted by atomic mass is 32.1. The van der Waals surface area contributed by atoms with Gasteiger partial charge in [-0.1, -0.05) is 24.3 Å². The van der Waals surface area contributed by atoms with Gasteiger partial charge in [0.1, 0.15) is 22.1 Å². The van der Waals surface area contributed by atoms with E-state index in [0.717, 1.165) is 86.8 Å². The first-order chi connectivity index (χ1) is 18.6. The zero-order valence-corrected chi connectivity index (χ0v) is 22.8. The minimum Gasteiger partial charge on any atom is -0.342 e. The van der Waals surface area contributed by atoms with Crippen LogP contribution in [-0.2, 0) is 7.05 Å². The Morgan fingerprint density at radius 3 is 1.66 bits per heavy atom. The number of aryl methyl sites for hydroxylation is 1. The van der Waals surface area contributed by atoms with Crippen LogP contribution >= 0.6 is 46.1 Å². The summed E-state index contributed by atoms with van der Waals surface area (Å²) >= 11 is 5.61. The van der Waals surface area contributed by atoms with Gasteiger partial charge in [-0.2, -0.15) is 28.0 Å². The molecule has 0 spiro atoms. The molecule has 11 heteroatoms. The van der Waals surface area contributed by atoms with E-state index < -0.39 is 0 Å². The van der Waals surface area contributed by atoms with Crippen LogP contribution < -0.4 is 0 Å². The largest absolute Gasteiger partial charge is 0.342 e. The fourth-order valence-electron chi connectivity index (χ4n) is 4.57. The number of hydrogen-bond donors (Lipinski definition) is 0. The number of benzene rings is 2. The number of nitrogens with zero attached hydrogens (tertiary/aromatic N) is 7. The molecule has 0 aliphatic carbocycles. The lowest BCUT2D eigenvalue weighted by molar-refractivity contribution is 1.02. The van der Waals surface area contributed by atoms with Crippen molar-refractivity contribution in [1.29, 1.82) is 10.5 Å². The van der Waals surface area contributed by atoms with Crippen molar-refractivity contribution in [3.63, 3.8) is 0 Å². The fraction of sp³-hybridized carbons (Fsp3) is 0.0370. The van der Waals surface area contributed by atoms with E-state index in [0.29, 0.717) is 11.1 Å². The third-order valence-electron chi connectivity index (χ3n) is 6.36. The number of rotatable bonds is 4. The van der Waals surface area contributed by atoms with Gasteiger partial charge in [-0.25, -0.2) is 0 Å². The molecule has 5 aromatic heterocycles. The maximum absolute atomic E-state index is 9.94.